The van der Waals surface area contributed by atoms with E-state index in [4.69, 9.17) is 33.2 Å². The number of esters is 1. The van der Waals surface area contributed by atoms with Crippen LogP contribution in [0.4, 0.5) is 0 Å². The van der Waals surface area contributed by atoms with E-state index < -0.39 is 29.6 Å². The summed E-state index contributed by atoms with van der Waals surface area (Å²) in [7, 11) is 2.92. The van der Waals surface area contributed by atoms with Crippen molar-refractivity contribution < 1.29 is 43.2 Å². The first-order chi connectivity index (χ1) is 15.8. The molecule has 0 amide bonds. The molecule has 1 fully saturated rings. The molecule has 10 heteroatoms. The molecule has 3 atom stereocenters. The van der Waals surface area contributed by atoms with E-state index in [0.717, 1.165) is 0 Å². The fourth-order valence-electron chi connectivity index (χ4n) is 5.23. The second-order valence-corrected chi connectivity index (χ2v) is 8.57. The van der Waals surface area contributed by atoms with Gasteiger partial charge >= 0.3 is 5.97 Å². The molecule has 0 radical (unpaired) electrons. The maximum atomic E-state index is 13.3. The lowest BCUT2D eigenvalue weighted by Gasteiger charge is -2.41. The van der Waals surface area contributed by atoms with Gasteiger partial charge in [0.05, 0.1) is 14.2 Å². The summed E-state index contributed by atoms with van der Waals surface area (Å²) in [6, 6.07) is 6.84. The number of rotatable bonds is 2. The van der Waals surface area contributed by atoms with E-state index in [1.165, 1.54) is 14.2 Å². The van der Waals surface area contributed by atoms with Crippen LogP contribution in [0.5, 0.6) is 23.0 Å². The fourth-order valence-corrected chi connectivity index (χ4v) is 5.23. The minimum absolute atomic E-state index is 0.0702. The van der Waals surface area contributed by atoms with Gasteiger partial charge in [-0.05, 0) is 43.7 Å². The molecule has 2 aromatic carbocycles. The Balaban J connectivity index is 1.66. The normalized spacial score (nSPS) is 29.0. The van der Waals surface area contributed by atoms with Crippen LogP contribution < -0.4 is 18.9 Å². The lowest BCUT2D eigenvalue weighted by molar-refractivity contribution is -0.161. The first kappa shape index (κ1) is 20.1. The molecule has 4 aliphatic rings. The lowest BCUT2D eigenvalue weighted by atomic mass is 9.71. The van der Waals surface area contributed by atoms with Gasteiger partial charge in [-0.2, -0.15) is 0 Å². The molecule has 0 aromatic heterocycles. The predicted octanol–water partition coefficient (Wildman–Crippen LogP) is 2.88. The summed E-state index contributed by atoms with van der Waals surface area (Å²) in [6.07, 6.45) is -1.50. The summed E-state index contributed by atoms with van der Waals surface area (Å²) in [5, 5.41) is 13.9. The van der Waals surface area contributed by atoms with Crippen molar-refractivity contribution >= 4 is 11.7 Å². The van der Waals surface area contributed by atoms with Crippen LogP contribution in [0.15, 0.2) is 29.4 Å². The van der Waals surface area contributed by atoms with E-state index >= 15 is 0 Å². The van der Waals surface area contributed by atoms with E-state index in [1.807, 2.05) is 0 Å². The largest absolute Gasteiger partial charge is 0.493 e. The van der Waals surface area contributed by atoms with E-state index in [-0.39, 0.29) is 23.8 Å². The number of benzene rings is 2. The number of ether oxygens (including phenoxy) is 7. The van der Waals surface area contributed by atoms with Crippen molar-refractivity contribution in [3.63, 3.8) is 0 Å². The van der Waals surface area contributed by atoms with Crippen LogP contribution in [-0.4, -0.2) is 49.8 Å². The average Bonchev–Trinajstić information content (AvgIpc) is 3.47. The molecule has 2 aromatic rings. The van der Waals surface area contributed by atoms with Gasteiger partial charge in [-0.25, -0.2) is 4.79 Å². The lowest BCUT2D eigenvalue weighted by Crippen LogP contribution is -2.53. The van der Waals surface area contributed by atoms with Gasteiger partial charge in [0, 0.05) is 11.1 Å². The van der Waals surface area contributed by atoms with Gasteiger partial charge in [0.2, 0.25) is 12.4 Å². The van der Waals surface area contributed by atoms with E-state index in [1.54, 1.807) is 38.1 Å². The highest BCUT2D eigenvalue weighted by atomic mass is 16.8. The maximum absolute atomic E-state index is 13.3. The molecular formula is C23H21NO9. The summed E-state index contributed by atoms with van der Waals surface area (Å²) < 4.78 is 40.6. The topological polar surface area (TPSA) is 114 Å². The molecule has 6 rings (SSSR count). The smallest absolute Gasteiger partial charge is 0.343 e. The molecule has 1 aliphatic carbocycles. The van der Waals surface area contributed by atoms with E-state index in [9.17, 15) is 10.0 Å². The standard InChI is InChI=1S/C23H21NO9/c1-22(2)31-17-10-7-14-15(30-9-29-14)8-11(10)19(24-26)23(20(17)32-22)12-5-6-13(27-3)18(28-4)16(12)21(25)33-23/h5-8,17,20,26H,9H2,1-4H3/b24-19+/t17-,20-,23+/m0/s1. The average molecular weight is 455 g/mol. The highest BCUT2D eigenvalue weighted by molar-refractivity contribution is 6.15. The minimum atomic E-state index is -1.60. The zero-order valence-corrected chi connectivity index (χ0v) is 18.3. The monoisotopic (exact) mass is 455 g/mol. The molecule has 172 valence electrons. The molecule has 33 heavy (non-hydrogen) atoms. The third-order valence-electron chi connectivity index (χ3n) is 6.46. The Morgan fingerprint density at radius 2 is 1.85 bits per heavy atom. The summed E-state index contributed by atoms with van der Waals surface area (Å²) in [4.78, 5) is 13.3. The van der Waals surface area contributed by atoms with Gasteiger partial charge in [-0.3, -0.25) is 0 Å². The number of nitrogens with zero attached hydrogens (tertiary/aromatic N) is 1. The van der Waals surface area contributed by atoms with E-state index in [0.29, 0.717) is 33.9 Å². The number of methoxy groups -OCH3 is 2. The molecular weight excluding hydrogens is 434 g/mol. The summed E-state index contributed by atoms with van der Waals surface area (Å²) in [6.45, 7) is 3.61. The van der Waals surface area contributed by atoms with Gasteiger partial charge in [0.1, 0.15) is 23.5 Å². The van der Waals surface area contributed by atoms with E-state index in [2.05, 4.69) is 5.16 Å². The third-order valence-corrected chi connectivity index (χ3v) is 6.46. The second-order valence-electron chi connectivity index (χ2n) is 8.57. The molecule has 0 unspecified atom stereocenters. The Kier molecular flexibility index (Phi) is 3.98. The van der Waals surface area contributed by atoms with Crippen LogP contribution in [0.2, 0.25) is 0 Å². The van der Waals surface area contributed by atoms with Crippen LogP contribution in [0.3, 0.4) is 0 Å². The quantitative estimate of drug-likeness (QED) is 0.415. The zero-order chi connectivity index (χ0) is 23.1. The van der Waals surface area contributed by atoms with Gasteiger partial charge < -0.3 is 38.4 Å². The fraction of sp³-hybridized carbons (Fsp3) is 0.391. The number of carbonyl (C=O) groups excluding carboxylic acids is 1. The van der Waals surface area contributed by atoms with Crippen molar-refractivity contribution in [2.75, 3.05) is 21.0 Å². The van der Waals surface area contributed by atoms with Crippen molar-refractivity contribution in [3.8, 4) is 23.0 Å². The minimum Gasteiger partial charge on any atom is -0.493 e. The molecule has 1 spiro atoms. The molecule has 1 N–H and O–H groups in total. The van der Waals surface area contributed by atoms with Crippen molar-refractivity contribution in [1.82, 2.24) is 0 Å². The number of hydrogen-bond donors (Lipinski definition) is 1. The second kappa shape index (κ2) is 6.52. The third kappa shape index (κ3) is 2.44. The SMILES string of the molecule is COc1ccc2c(c1OC)C(=O)O[C@@]21/C(=N/O)c2cc3c(cc2[C@@H]2OC(C)(C)O[C@@H]21)OCO3. The Morgan fingerprint density at radius 3 is 2.55 bits per heavy atom. The van der Waals surface area contributed by atoms with Crippen molar-refractivity contribution in [2.45, 2.75) is 37.4 Å². The predicted molar refractivity (Wildman–Crippen MR) is 110 cm³/mol. The molecule has 3 aliphatic heterocycles. The number of fused-ring (bicyclic) bond motifs is 7. The number of carbonyl (C=O) groups is 1. The first-order valence-electron chi connectivity index (χ1n) is 10.4. The zero-order valence-electron chi connectivity index (χ0n) is 18.3. The molecule has 3 heterocycles. The molecule has 0 bridgehead atoms. The van der Waals surface area contributed by atoms with Gasteiger partial charge in [0.25, 0.3) is 0 Å². The van der Waals surface area contributed by atoms with Crippen LogP contribution in [-0.2, 0) is 19.8 Å². The van der Waals surface area contributed by atoms with Crippen LogP contribution in [0.25, 0.3) is 0 Å². The Labute approximate surface area is 188 Å². The van der Waals surface area contributed by atoms with Gasteiger partial charge in [-0.15, -0.1) is 0 Å². The van der Waals surface area contributed by atoms with Crippen LogP contribution >= 0.6 is 0 Å². The maximum Gasteiger partial charge on any atom is 0.343 e. The number of hydrogen-bond acceptors (Lipinski definition) is 10. The van der Waals surface area contributed by atoms with Crippen molar-refractivity contribution in [1.29, 1.82) is 0 Å². The molecule has 10 nitrogen and oxygen atoms in total. The molecule has 0 saturated carbocycles. The Bertz CT molecular complexity index is 1240. The van der Waals surface area contributed by atoms with Crippen molar-refractivity contribution in [3.05, 3.63) is 46.5 Å². The first-order valence-corrected chi connectivity index (χ1v) is 10.4. The van der Waals surface area contributed by atoms with Gasteiger partial charge in [-0.1, -0.05) is 5.16 Å². The highest BCUT2D eigenvalue weighted by Gasteiger charge is 2.67. The van der Waals surface area contributed by atoms with Gasteiger partial charge in [0.15, 0.2) is 28.8 Å². The summed E-state index contributed by atoms with van der Waals surface area (Å²) >= 11 is 0. The number of oxime groups is 1. The highest BCUT2D eigenvalue weighted by Crippen LogP contribution is 2.59. The Morgan fingerprint density at radius 1 is 1.09 bits per heavy atom. The van der Waals surface area contributed by atoms with Crippen LogP contribution in [0, 0.1) is 0 Å². The summed E-state index contributed by atoms with van der Waals surface area (Å²) in [5.74, 6) is -0.0406. The van der Waals surface area contributed by atoms with Crippen LogP contribution in [0.1, 0.15) is 47.0 Å². The summed E-state index contributed by atoms with van der Waals surface area (Å²) in [5.41, 5.74) is 0.280. The Hall–Kier alpha value is -3.50. The molecule has 1 saturated heterocycles. The van der Waals surface area contributed by atoms with Crippen molar-refractivity contribution in [2.24, 2.45) is 5.16 Å².